The predicted octanol–water partition coefficient (Wildman–Crippen LogP) is 2.32. The van der Waals surface area contributed by atoms with E-state index in [1.54, 1.807) is 0 Å². The number of aromatic carboxylic acids is 1. The van der Waals surface area contributed by atoms with Gasteiger partial charge in [0, 0.05) is 5.48 Å². The predicted molar refractivity (Wildman–Crippen MR) is 67.3 cm³/mol. The monoisotopic (exact) mass is 237 g/mol. The van der Waals surface area contributed by atoms with E-state index in [2.05, 4.69) is 5.32 Å². The Morgan fingerprint density at radius 3 is 2.82 bits per heavy atom. The van der Waals surface area contributed by atoms with Crippen LogP contribution in [0.1, 0.15) is 40.6 Å². The van der Waals surface area contributed by atoms with Crippen LogP contribution in [0.4, 0.5) is 0 Å². The smallest absolute Gasteiger partial charge is 0.335 e. The van der Waals surface area contributed by atoms with E-state index < -0.39 is 24.6 Å². The van der Waals surface area contributed by atoms with Crippen molar-refractivity contribution in [3.05, 3.63) is 35.4 Å². The summed E-state index contributed by atoms with van der Waals surface area (Å²) in [6.07, 6.45) is -3.39. The Morgan fingerprint density at radius 2 is 2.12 bits per heavy atom. The fourth-order valence-electron chi connectivity index (χ4n) is 1.92. The van der Waals surface area contributed by atoms with Crippen LogP contribution in [0.5, 0.6) is 0 Å². The molecule has 1 aromatic carbocycles. The van der Waals surface area contributed by atoms with Crippen molar-refractivity contribution >= 4 is 5.97 Å². The molecule has 1 fully saturated rings. The van der Waals surface area contributed by atoms with E-state index in [1.165, 1.54) is 24.3 Å². The van der Waals surface area contributed by atoms with Gasteiger partial charge in [0.15, 0.2) is 0 Å². The van der Waals surface area contributed by atoms with Crippen molar-refractivity contribution in [1.82, 2.24) is 5.32 Å². The maximum atomic E-state index is 11.3. The van der Waals surface area contributed by atoms with Crippen LogP contribution in [-0.2, 0) is 6.37 Å². The van der Waals surface area contributed by atoms with Crippen LogP contribution in [0.3, 0.4) is 0 Å². The van der Waals surface area contributed by atoms with Crippen molar-refractivity contribution in [2.45, 2.75) is 25.6 Å². The van der Waals surface area contributed by atoms with E-state index in [-0.39, 0.29) is 11.1 Å². The van der Waals surface area contributed by atoms with Crippen LogP contribution in [0.25, 0.3) is 0 Å². The van der Waals surface area contributed by atoms with Crippen LogP contribution in [0.15, 0.2) is 24.3 Å². The third kappa shape index (κ3) is 3.30. The van der Waals surface area contributed by atoms with Gasteiger partial charge in [-0.25, -0.2) is 4.79 Å². The minimum absolute atomic E-state index is 0.0963. The zero-order valence-corrected chi connectivity index (χ0v) is 9.57. The molecular weight excluding hydrogens is 214 g/mol. The molecule has 2 rings (SSSR count). The molecule has 0 aliphatic carbocycles. The molecule has 0 aromatic heterocycles. The Bertz CT molecular complexity index is 527. The van der Waals surface area contributed by atoms with Gasteiger partial charge in [0.2, 0.25) is 0 Å². The van der Waals surface area contributed by atoms with Crippen molar-refractivity contribution < 1.29 is 15.4 Å². The van der Waals surface area contributed by atoms with E-state index in [0.717, 1.165) is 0 Å². The number of carboxylic acids is 1. The Labute approximate surface area is 107 Å². The quantitative estimate of drug-likeness (QED) is 0.845. The first-order valence-electron chi connectivity index (χ1n) is 7.82. The van der Waals surface area contributed by atoms with E-state index >= 15 is 0 Å². The van der Waals surface area contributed by atoms with Gasteiger partial charge in [-0.15, -0.1) is 0 Å². The van der Waals surface area contributed by atoms with Crippen molar-refractivity contribution in [3.63, 3.8) is 0 Å². The molecule has 1 aliphatic rings. The normalized spacial score (nSPS) is 22.1. The summed E-state index contributed by atoms with van der Waals surface area (Å²) in [5.41, 5.74) is -0.277. The molecular formula is C14H19NO2. The first-order chi connectivity index (χ1) is 9.78. The maximum Gasteiger partial charge on any atom is 0.335 e. The van der Waals surface area contributed by atoms with Gasteiger partial charge >= 0.3 is 5.97 Å². The summed E-state index contributed by atoms with van der Waals surface area (Å²) in [5.74, 6) is -1.67. The highest BCUT2D eigenvalue weighted by Crippen LogP contribution is 2.20. The summed E-state index contributed by atoms with van der Waals surface area (Å²) >= 11 is 0. The Hall–Kier alpha value is -1.35. The molecule has 0 bridgehead atoms. The largest absolute Gasteiger partial charge is 0.478 e. The average Bonchev–Trinajstić information content (AvgIpc) is 2.48. The van der Waals surface area contributed by atoms with E-state index in [0.29, 0.717) is 25.9 Å². The highest BCUT2D eigenvalue weighted by molar-refractivity contribution is 5.89. The van der Waals surface area contributed by atoms with Crippen LogP contribution in [0.2, 0.25) is 0 Å². The van der Waals surface area contributed by atoms with Crippen molar-refractivity contribution in [3.8, 4) is 0 Å². The van der Waals surface area contributed by atoms with E-state index in [4.69, 9.17) is 5.48 Å². The molecule has 0 amide bonds. The minimum Gasteiger partial charge on any atom is -0.478 e. The number of hydrogen-bond donors (Lipinski definition) is 2. The lowest BCUT2D eigenvalue weighted by molar-refractivity contribution is 0.0695. The Kier molecular flexibility index (Phi) is 2.70. The first kappa shape index (κ1) is 7.88. The van der Waals surface area contributed by atoms with Crippen molar-refractivity contribution in [2.75, 3.05) is 13.1 Å². The molecule has 3 nitrogen and oxygen atoms in total. The summed E-state index contributed by atoms with van der Waals surface area (Å²) in [7, 11) is 0. The zero-order valence-electron chi connectivity index (χ0n) is 13.6. The second-order valence-corrected chi connectivity index (χ2v) is 4.14. The molecule has 3 heteroatoms. The molecule has 1 aliphatic heterocycles. The van der Waals surface area contributed by atoms with Gasteiger partial charge in [-0.2, -0.15) is 0 Å². The van der Waals surface area contributed by atoms with Gasteiger partial charge in [-0.05, 0) is 56.2 Å². The highest BCUT2D eigenvalue weighted by atomic mass is 16.4. The fraction of sp³-hybridized carbons (Fsp3) is 0.500. The second kappa shape index (κ2) is 5.82. The third-order valence-electron chi connectivity index (χ3n) is 2.91. The minimum atomic E-state index is -2.36. The second-order valence-electron chi connectivity index (χ2n) is 4.14. The molecule has 0 radical (unpaired) electrons. The lowest BCUT2D eigenvalue weighted by atomic mass is 9.90. The number of benzene rings is 1. The standard InChI is InChI=1S/C14H19NO2/c16-14(17)13-4-2-1-3-12(13)6-5-11-7-9-15-10-8-11/h1-4,11,15H,5-10H2,(H,16,17)/i5D2,6D2. The number of piperidine rings is 1. The summed E-state index contributed by atoms with van der Waals surface area (Å²) in [5, 5.41) is 12.3. The molecule has 1 saturated heterocycles. The topological polar surface area (TPSA) is 49.3 Å². The highest BCUT2D eigenvalue weighted by Gasteiger charge is 2.15. The molecule has 92 valence electrons. The van der Waals surface area contributed by atoms with Gasteiger partial charge in [-0.3, -0.25) is 0 Å². The number of nitrogens with one attached hydrogen (secondary N) is 1. The van der Waals surface area contributed by atoms with Crippen LogP contribution in [-0.4, -0.2) is 24.2 Å². The molecule has 17 heavy (non-hydrogen) atoms. The number of rotatable bonds is 4. The summed E-state index contributed by atoms with van der Waals surface area (Å²) in [4.78, 5) is 11.3. The number of hydrogen-bond acceptors (Lipinski definition) is 2. The first-order valence-corrected chi connectivity index (χ1v) is 5.82. The molecule has 0 spiro atoms. The van der Waals surface area contributed by atoms with Gasteiger partial charge in [0.1, 0.15) is 0 Å². The van der Waals surface area contributed by atoms with Crippen LogP contribution < -0.4 is 5.32 Å². The van der Waals surface area contributed by atoms with Gasteiger partial charge < -0.3 is 10.4 Å². The lowest BCUT2D eigenvalue weighted by Crippen LogP contribution is -2.28. The SMILES string of the molecule is [2H]C([2H])(c1ccccc1C(=O)O)C([2H])([2H])C1CCNCC1. The lowest BCUT2D eigenvalue weighted by Gasteiger charge is -2.22. The molecule has 0 unspecified atom stereocenters. The zero-order chi connectivity index (χ0) is 15.7. The average molecular weight is 237 g/mol. The van der Waals surface area contributed by atoms with Crippen LogP contribution >= 0.6 is 0 Å². The van der Waals surface area contributed by atoms with Crippen LogP contribution in [0, 0.1) is 5.92 Å². The summed E-state index contributed by atoms with van der Waals surface area (Å²) < 4.78 is 33.0. The molecule has 1 aromatic rings. The van der Waals surface area contributed by atoms with Crippen molar-refractivity contribution in [2.24, 2.45) is 5.92 Å². The molecule has 0 atom stereocenters. The van der Waals surface area contributed by atoms with E-state index in [9.17, 15) is 9.90 Å². The molecule has 0 saturated carbocycles. The number of carboxylic acid groups (broad SMARTS) is 1. The summed E-state index contributed by atoms with van der Waals surface area (Å²) in [6, 6.07) is 5.73. The molecule has 1 heterocycles. The summed E-state index contributed by atoms with van der Waals surface area (Å²) in [6.45, 7) is 1.31. The Morgan fingerprint density at radius 1 is 1.41 bits per heavy atom. The van der Waals surface area contributed by atoms with Gasteiger partial charge in [0.05, 0.1) is 5.56 Å². The third-order valence-corrected chi connectivity index (χ3v) is 2.91. The van der Waals surface area contributed by atoms with Gasteiger partial charge in [0.25, 0.3) is 0 Å². The van der Waals surface area contributed by atoms with Crippen molar-refractivity contribution in [1.29, 1.82) is 0 Å². The molecule has 2 N–H and O–H groups in total. The fourth-order valence-corrected chi connectivity index (χ4v) is 1.92. The van der Waals surface area contributed by atoms with Gasteiger partial charge in [-0.1, -0.05) is 18.2 Å². The van der Waals surface area contributed by atoms with E-state index in [1.807, 2.05) is 0 Å². The maximum absolute atomic E-state index is 11.3. The Balaban J connectivity index is 2.42. The number of carbonyl (C=O) groups is 1. The number of aryl methyl sites for hydroxylation is 1.